The van der Waals surface area contributed by atoms with Crippen LogP contribution in [-0.4, -0.2) is 31.3 Å². The molecule has 0 saturated heterocycles. The minimum absolute atomic E-state index is 0.131. The Morgan fingerprint density at radius 2 is 1.87 bits per heavy atom. The highest BCUT2D eigenvalue weighted by atomic mass is 32.3. The molecule has 0 aliphatic rings. The fraction of sp³-hybridized carbons (Fsp3) is 1.00. The predicted octanol–water partition coefficient (Wildman–Crippen LogP) is 1.24. The monoisotopic (exact) mass is 240 g/mol. The molecule has 92 valence electrons. The van der Waals surface area contributed by atoms with Crippen molar-refractivity contribution in [1.29, 1.82) is 0 Å². The van der Waals surface area contributed by atoms with Crippen LogP contribution in [-0.2, 0) is 14.6 Å². The first-order valence-corrected chi connectivity index (χ1v) is 6.44. The van der Waals surface area contributed by atoms with Crippen LogP contribution in [0.5, 0.6) is 0 Å². The molecule has 0 bridgehead atoms. The van der Waals surface area contributed by atoms with Gasteiger partial charge in [0.15, 0.2) is 0 Å². The second-order valence-electron chi connectivity index (χ2n) is 4.09. The zero-order valence-corrected chi connectivity index (χ0v) is 10.0. The van der Waals surface area contributed by atoms with Gasteiger partial charge in [0.1, 0.15) is 0 Å². The molecule has 1 atom stereocenters. The molecule has 5 nitrogen and oxygen atoms in total. The van der Waals surface area contributed by atoms with Gasteiger partial charge in [-0.3, -0.25) is 4.55 Å². The average molecular weight is 240 g/mol. The molecule has 0 aromatic heterocycles. The van der Waals surface area contributed by atoms with Gasteiger partial charge in [-0.1, -0.05) is 26.7 Å². The van der Waals surface area contributed by atoms with Crippen molar-refractivity contribution in [1.82, 2.24) is 0 Å². The predicted molar refractivity (Wildman–Crippen MR) is 56.8 cm³/mol. The highest BCUT2D eigenvalue weighted by molar-refractivity contribution is 7.80. The summed E-state index contributed by atoms with van der Waals surface area (Å²) < 4.78 is 33.1. The second-order valence-corrected chi connectivity index (χ2v) is 5.18. The van der Waals surface area contributed by atoms with Gasteiger partial charge < -0.3 is 5.11 Å². The summed E-state index contributed by atoms with van der Waals surface area (Å²) in [6.07, 6.45) is 2.64. The Kier molecular flexibility index (Phi) is 7.08. The van der Waals surface area contributed by atoms with E-state index in [9.17, 15) is 8.42 Å². The third-order valence-electron chi connectivity index (χ3n) is 2.10. The van der Waals surface area contributed by atoms with E-state index < -0.39 is 10.4 Å². The summed E-state index contributed by atoms with van der Waals surface area (Å²) in [4.78, 5) is 0. The first-order valence-electron chi connectivity index (χ1n) is 5.08. The molecule has 0 aromatic rings. The lowest BCUT2D eigenvalue weighted by atomic mass is 10.00. The topological polar surface area (TPSA) is 83.8 Å². The van der Waals surface area contributed by atoms with Crippen molar-refractivity contribution in [3.8, 4) is 0 Å². The number of hydrogen-bond acceptors (Lipinski definition) is 4. The lowest BCUT2D eigenvalue weighted by Gasteiger charge is -2.13. The van der Waals surface area contributed by atoms with Crippen molar-refractivity contribution in [2.24, 2.45) is 11.8 Å². The van der Waals surface area contributed by atoms with Crippen LogP contribution in [0.3, 0.4) is 0 Å². The largest absolute Gasteiger partial charge is 0.397 e. The van der Waals surface area contributed by atoms with Gasteiger partial charge >= 0.3 is 10.4 Å². The first-order chi connectivity index (χ1) is 6.85. The highest BCUT2D eigenvalue weighted by Gasteiger charge is 2.12. The molecule has 0 aliphatic heterocycles. The Hall–Kier alpha value is -0.170. The summed E-state index contributed by atoms with van der Waals surface area (Å²) in [5, 5.41) is 8.93. The molecule has 0 saturated carbocycles. The maximum atomic E-state index is 10.3. The van der Waals surface area contributed by atoms with E-state index in [1.165, 1.54) is 0 Å². The van der Waals surface area contributed by atoms with Crippen LogP contribution in [0.15, 0.2) is 0 Å². The first kappa shape index (κ1) is 14.8. The van der Waals surface area contributed by atoms with E-state index in [1.54, 1.807) is 0 Å². The molecule has 0 aromatic carbocycles. The minimum Gasteiger partial charge on any atom is -0.396 e. The van der Waals surface area contributed by atoms with Crippen LogP contribution in [0.4, 0.5) is 0 Å². The van der Waals surface area contributed by atoms with Crippen LogP contribution in [0, 0.1) is 11.8 Å². The van der Waals surface area contributed by atoms with Crippen LogP contribution < -0.4 is 0 Å². The Labute approximate surface area is 91.4 Å². The van der Waals surface area contributed by atoms with E-state index in [0.29, 0.717) is 12.3 Å². The van der Waals surface area contributed by atoms with E-state index >= 15 is 0 Å². The van der Waals surface area contributed by atoms with Crippen LogP contribution >= 0.6 is 0 Å². The van der Waals surface area contributed by atoms with Gasteiger partial charge in [-0.25, -0.2) is 4.18 Å². The third kappa shape index (κ3) is 10.1. The van der Waals surface area contributed by atoms with Crippen molar-refractivity contribution in [2.45, 2.75) is 33.1 Å². The fourth-order valence-corrected chi connectivity index (χ4v) is 1.59. The third-order valence-corrected chi connectivity index (χ3v) is 2.54. The van der Waals surface area contributed by atoms with Crippen LogP contribution in [0.25, 0.3) is 0 Å². The Morgan fingerprint density at radius 3 is 2.27 bits per heavy atom. The molecular formula is C9H20O5S. The van der Waals surface area contributed by atoms with E-state index in [0.717, 1.165) is 12.8 Å². The van der Waals surface area contributed by atoms with Gasteiger partial charge in [0.05, 0.1) is 6.61 Å². The van der Waals surface area contributed by atoms with Crippen molar-refractivity contribution >= 4 is 10.4 Å². The van der Waals surface area contributed by atoms with Crippen molar-refractivity contribution in [3.05, 3.63) is 0 Å². The summed E-state index contributed by atoms with van der Waals surface area (Å²) in [5.74, 6) is 0.359. The van der Waals surface area contributed by atoms with Gasteiger partial charge in [0.25, 0.3) is 0 Å². The fourth-order valence-electron chi connectivity index (χ4n) is 1.22. The molecule has 0 spiro atoms. The van der Waals surface area contributed by atoms with E-state index in [4.69, 9.17) is 9.66 Å². The molecule has 0 radical (unpaired) electrons. The standard InChI is InChI=1S/C9H20O5S/c1-8(2)4-3-5-9(6-10)7-14-15(11,12)13/h8-10H,3-7H2,1-2H3,(H,11,12,13). The minimum atomic E-state index is -4.38. The van der Waals surface area contributed by atoms with E-state index in [-0.39, 0.29) is 19.1 Å². The molecular weight excluding hydrogens is 220 g/mol. The molecule has 0 amide bonds. The average Bonchev–Trinajstić information content (AvgIpc) is 2.08. The van der Waals surface area contributed by atoms with Crippen molar-refractivity contribution in [2.75, 3.05) is 13.2 Å². The lowest BCUT2D eigenvalue weighted by Crippen LogP contribution is -2.17. The second kappa shape index (κ2) is 7.16. The number of aliphatic hydroxyl groups excluding tert-OH is 1. The molecule has 2 N–H and O–H groups in total. The summed E-state index contributed by atoms with van der Waals surface area (Å²) in [7, 11) is -4.38. The molecule has 0 heterocycles. The maximum Gasteiger partial charge on any atom is 0.397 e. The van der Waals surface area contributed by atoms with Crippen molar-refractivity contribution in [3.63, 3.8) is 0 Å². The quantitative estimate of drug-likeness (QED) is 0.624. The Morgan fingerprint density at radius 1 is 1.27 bits per heavy atom. The zero-order valence-electron chi connectivity index (χ0n) is 9.22. The molecule has 0 fully saturated rings. The van der Waals surface area contributed by atoms with Crippen LogP contribution in [0.1, 0.15) is 33.1 Å². The normalized spacial score (nSPS) is 14.5. The Balaban J connectivity index is 3.74. The van der Waals surface area contributed by atoms with Gasteiger partial charge in [0.2, 0.25) is 0 Å². The summed E-state index contributed by atoms with van der Waals surface area (Å²) in [6, 6.07) is 0. The van der Waals surface area contributed by atoms with Gasteiger partial charge in [-0.2, -0.15) is 8.42 Å². The summed E-state index contributed by atoms with van der Waals surface area (Å²) in [6.45, 7) is 3.91. The smallest absolute Gasteiger partial charge is 0.396 e. The van der Waals surface area contributed by atoms with Gasteiger partial charge in [-0.15, -0.1) is 0 Å². The lowest BCUT2D eigenvalue weighted by molar-refractivity contribution is 0.146. The van der Waals surface area contributed by atoms with E-state index in [2.05, 4.69) is 18.0 Å². The maximum absolute atomic E-state index is 10.3. The van der Waals surface area contributed by atoms with Gasteiger partial charge in [-0.05, 0) is 12.3 Å². The SMILES string of the molecule is CC(C)CCCC(CO)COS(=O)(=O)O. The highest BCUT2D eigenvalue weighted by Crippen LogP contribution is 2.13. The Bertz CT molecular complexity index is 247. The van der Waals surface area contributed by atoms with E-state index in [1.807, 2.05) is 0 Å². The molecule has 1 unspecified atom stereocenters. The summed E-state index contributed by atoms with van der Waals surface area (Å²) in [5.41, 5.74) is 0. The summed E-state index contributed by atoms with van der Waals surface area (Å²) >= 11 is 0. The molecule has 6 heteroatoms. The zero-order chi connectivity index (χ0) is 11.9. The molecule has 0 rings (SSSR count). The number of hydrogen-bond donors (Lipinski definition) is 2. The molecule has 0 aliphatic carbocycles. The number of rotatable bonds is 8. The van der Waals surface area contributed by atoms with Crippen LogP contribution in [0.2, 0.25) is 0 Å². The van der Waals surface area contributed by atoms with Crippen molar-refractivity contribution < 1.29 is 22.3 Å². The van der Waals surface area contributed by atoms with Gasteiger partial charge in [0, 0.05) is 12.5 Å². The number of aliphatic hydroxyl groups is 1. The molecule has 15 heavy (non-hydrogen) atoms.